The number of halogens is 1. The highest BCUT2D eigenvalue weighted by atomic mass is 32.2. The summed E-state index contributed by atoms with van der Waals surface area (Å²) in [5.74, 6) is -0.921. The number of hydrogen-bond acceptors (Lipinski definition) is 5. The van der Waals surface area contributed by atoms with E-state index in [2.05, 4.69) is 5.32 Å². The number of amides is 2. The normalized spacial score (nSPS) is 12.1. The molecule has 220 valence electrons. The molecule has 0 saturated heterocycles. The van der Waals surface area contributed by atoms with Crippen LogP contribution in [0.1, 0.15) is 45.2 Å². The fraction of sp³-hybridized carbons (Fsp3) is 0.355. The first-order valence-corrected chi connectivity index (χ1v) is 15.1. The summed E-state index contributed by atoms with van der Waals surface area (Å²) in [6, 6.07) is 17.3. The number of carbonyl (C=O) groups excluding carboxylic acids is 2. The summed E-state index contributed by atoms with van der Waals surface area (Å²) in [6.07, 6.45) is 0.323. The van der Waals surface area contributed by atoms with Crippen molar-refractivity contribution in [1.29, 1.82) is 0 Å². The highest BCUT2D eigenvalue weighted by molar-refractivity contribution is 7.92. The molecule has 1 N–H and O–H groups in total. The Morgan fingerprint density at radius 3 is 2.15 bits per heavy atom. The minimum atomic E-state index is -4.30. The number of carbonyl (C=O) groups is 2. The van der Waals surface area contributed by atoms with Gasteiger partial charge in [0.05, 0.1) is 17.2 Å². The molecule has 41 heavy (non-hydrogen) atoms. The van der Waals surface area contributed by atoms with Crippen LogP contribution in [0, 0.1) is 12.7 Å². The van der Waals surface area contributed by atoms with E-state index in [0.29, 0.717) is 18.8 Å². The lowest BCUT2D eigenvalue weighted by Crippen LogP contribution is -2.53. The predicted molar refractivity (Wildman–Crippen MR) is 158 cm³/mol. The summed E-state index contributed by atoms with van der Waals surface area (Å²) in [5, 5.41) is 2.88. The van der Waals surface area contributed by atoms with Crippen molar-refractivity contribution in [3.05, 3.63) is 89.7 Å². The van der Waals surface area contributed by atoms with Crippen molar-refractivity contribution in [2.75, 3.05) is 17.5 Å². The van der Waals surface area contributed by atoms with E-state index >= 15 is 0 Å². The number of hydrogen-bond donors (Lipinski definition) is 1. The number of ether oxygens (including phenoxy) is 1. The van der Waals surface area contributed by atoms with Crippen LogP contribution in [0.4, 0.5) is 10.1 Å². The van der Waals surface area contributed by atoms with E-state index in [4.69, 9.17) is 4.74 Å². The molecule has 0 aliphatic heterocycles. The van der Waals surface area contributed by atoms with Crippen molar-refractivity contribution in [1.82, 2.24) is 10.2 Å². The molecule has 0 heterocycles. The predicted octanol–water partition coefficient (Wildman–Crippen LogP) is 5.06. The van der Waals surface area contributed by atoms with Crippen molar-refractivity contribution in [3.63, 3.8) is 0 Å². The highest BCUT2D eigenvalue weighted by Crippen LogP contribution is 2.27. The highest BCUT2D eigenvalue weighted by Gasteiger charge is 2.34. The van der Waals surface area contributed by atoms with Gasteiger partial charge in [-0.2, -0.15) is 0 Å². The molecule has 3 aromatic rings. The molecule has 0 aliphatic carbocycles. The Morgan fingerprint density at radius 2 is 1.59 bits per heavy atom. The molecule has 10 heteroatoms. The molecule has 0 bridgehead atoms. The van der Waals surface area contributed by atoms with Gasteiger partial charge < -0.3 is 15.0 Å². The molecule has 0 radical (unpaired) electrons. The topological polar surface area (TPSA) is 96.0 Å². The van der Waals surface area contributed by atoms with Crippen molar-refractivity contribution < 1.29 is 27.1 Å². The average Bonchev–Trinajstić information content (AvgIpc) is 2.93. The summed E-state index contributed by atoms with van der Waals surface area (Å²) in [4.78, 5) is 28.6. The van der Waals surface area contributed by atoms with Crippen molar-refractivity contribution in [2.24, 2.45) is 0 Å². The zero-order valence-electron chi connectivity index (χ0n) is 24.1. The Bertz CT molecular complexity index is 1430. The van der Waals surface area contributed by atoms with Gasteiger partial charge in [0, 0.05) is 12.6 Å². The summed E-state index contributed by atoms with van der Waals surface area (Å²) in [6.45, 7) is 9.19. The second kappa shape index (κ2) is 14.1. The number of rotatable bonds is 13. The van der Waals surface area contributed by atoms with E-state index in [1.807, 2.05) is 58.9 Å². The monoisotopic (exact) mass is 583 g/mol. The Kier molecular flexibility index (Phi) is 10.9. The van der Waals surface area contributed by atoms with Gasteiger partial charge in [-0.3, -0.25) is 13.9 Å². The number of benzene rings is 3. The molecule has 2 amide bonds. The summed E-state index contributed by atoms with van der Waals surface area (Å²) >= 11 is 0. The number of anilines is 1. The molecule has 3 rings (SSSR count). The van der Waals surface area contributed by atoms with Gasteiger partial charge in [-0.15, -0.1) is 0 Å². The smallest absolute Gasteiger partial charge is 0.264 e. The maximum absolute atomic E-state index is 14.1. The van der Waals surface area contributed by atoms with E-state index in [0.717, 1.165) is 39.7 Å². The van der Waals surface area contributed by atoms with E-state index < -0.39 is 34.3 Å². The fourth-order valence-electron chi connectivity index (χ4n) is 4.41. The third-order valence-electron chi connectivity index (χ3n) is 6.54. The van der Waals surface area contributed by atoms with Gasteiger partial charge in [0.1, 0.15) is 24.2 Å². The van der Waals surface area contributed by atoms with Gasteiger partial charge in [-0.05, 0) is 93.8 Å². The van der Waals surface area contributed by atoms with Crippen molar-refractivity contribution >= 4 is 27.5 Å². The third kappa shape index (κ3) is 8.07. The van der Waals surface area contributed by atoms with Gasteiger partial charge in [-0.25, -0.2) is 12.8 Å². The molecule has 8 nitrogen and oxygen atoms in total. The Hall–Kier alpha value is -3.92. The van der Waals surface area contributed by atoms with Crippen LogP contribution in [0.25, 0.3) is 0 Å². The van der Waals surface area contributed by atoms with E-state index in [9.17, 15) is 22.4 Å². The Morgan fingerprint density at radius 1 is 0.951 bits per heavy atom. The lowest BCUT2D eigenvalue weighted by Gasteiger charge is -2.34. The number of sulfonamides is 1. The van der Waals surface area contributed by atoms with Crippen LogP contribution in [0.15, 0.2) is 77.7 Å². The SMILES string of the molecule is CCOc1ccc(N(CC(=O)N(Cc2ccccc2C)[C@@H](CC)C(=O)NC(C)C)S(=O)(=O)c2ccc(F)cc2)cc1. The lowest BCUT2D eigenvalue weighted by atomic mass is 10.1. The fourth-order valence-corrected chi connectivity index (χ4v) is 5.82. The lowest BCUT2D eigenvalue weighted by molar-refractivity contribution is -0.140. The van der Waals surface area contributed by atoms with Gasteiger partial charge in [0.25, 0.3) is 10.0 Å². The van der Waals surface area contributed by atoms with Crippen LogP contribution >= 0.6 is 0 Å². The second-order valence-electron chi connectivity index (χ2n) is 9.93. The molecule has 0 unspecified atom stereocenters. The van der Waals surface area contributed by atoms with Gasteiger partial charge in [0.2, 0.25) is 11.8 Å². The molecule has 1 atom stereocenters. The second-order valence-corrected chi connectivity index (χ2v) is 11.8. The van der Waals surface area contributed by atoms with E-state index in [1.54, 1.807) is 24.3 Å². The number of nitrogens with one attached hydrogen (secondary N) is 1. The summed E-state index contributed by atoms with van der Waals surface area (Å²) < 4.78 is 47.9. The quantitative estimate of drug-likeness (QED) is 0.304. The Balaban J connectivity index is 2.07. The van der Waals surface area contributed by atoms with Crippen LogP contribution in [0.2, 0.25) is 0 Å². The first-order chi connectivity index (χ1) is 19.5. The van der Waals surface area contributed by atoms with Crippen molar-refractivity contribution in [3.8, 4) is 5.75 Å². The Labute approximate surface area is 242 Å². The number of nitrogens with zero attached hydrogens (tertiary/aromatic N) is 2. The summed E-state index contributed by atoms with van der Waals surface area (Å²) in [7, 11) is -4.30. The number of aryl methyl sites for hydroxylation is 1. The van der Waals surface area contributed by atoms with Crippen molar-refractivity contribution in [2.45, 2.75) is 64.6 Å². The first-order valence-electron chi connectivity index (χ1n) is 13.6. The molecule has 0 fully saturated rings. The third-order valence-corrected chi connectivity index (χ3v) is 8.32. The summed E-state index contributed by atoms with van der Waals surface area (Å²) in [5.41, 5.74) is 2.00. The maximum Gasteiger partial charge on any atom is 0.264 e. The maximum atomic E-state index is 14.1. The zero-order valence-corrected chi connectivity index (χ0v) is 24.9. The van der Waals surface area contributed by atoms with E-state index in [1.165, 1.54) is 4.90 Å². The minimum absolute atomic E-state index is 0.114. The minimum Gasteiger partial charge on any atom is -0.494 e. The average molecular weight is 584 g/mol. The van der Waals surface area contributed by atoms with Gasteiger partial charge >= 0.3 is 0 Å². The largest absolute Gasteiger partial charge is 0.494 e. The molecule has 0 aromatic heterocycles. The standard InChI is InChI=1S/C31H38FN3O5S/c1-6-29(31(37)33-22(3)4)34(20-24-11-9-8-10-23(24)5)30(36)21-35(26-14-16-27(17-15-26)40-7-2)41(38,39)28-18-12-25(32)13-19-28/h8-19,22,29H,6-7,20-21H2,1-5H3,(H,33,37)/t29-/m0/s1. The molecule has 3 aromatic carbocycles. The molecule has 0 aliphatic rings. The van der Waals surface area contributed by atoms with Crippen LogP contribution in [0.5, 0.6) is 5.75 Å². The van der Waals surface area contributed by atoms with Crippen LogP contribution in [-0.4, -0.2) is 50.4 Å². The van der Waals surface area contributed by atoms with Gasteiger partial charge in [0.15, 0.2) is 0 Å². The molecule has 0 spiro atoms. The van der Waals surface area contributed by atoms with Crippen LogP contribution < -0.4 is 14.4 Å². The van der Waals surface area contributed by atoms with Gasteiger partial charge in [-0.1, -0.05) is 31.2 Å². The molecular formula is C31H38FN3O5S. The van der Waals surface area contributed by atoms with Crippen LogP contribution in [0.3, 0.4) is 0 Å². The molecular weight excluding hydrogens is 545 g/mol. The molecule has 0 saturated carbocycles. The first kappa shape index (κ1) is 31.6. The zero-order chi connectivity index (χ0) is 30.2. The van der Waals surface area contributed by atoms with Crippen LogP contribution in [-0.2, 0) is 26.2 Å². The van der Waals surface area contributed by atoms with E-state index in [-0.39, 0.29) is 29.1 Å².